The highest BCUT2D eigenvalue weighted by molar-refractivity contribution is 5.88. The lowest BCUT2D eigenvalue weighted by Gasteiger charge is -2.18. The van der Waals surface area contributed by atoms with Crippen molar-refractivity contribution >= 4 is 5.97 Å². The van der Waals surface area contributed by atoms with Gasteiger partial charge in [-0.1, -0.05) is 0 Å². The first-order chi connectivity index (χ1) is 7.74. The van der Waals surface area contributed by atoms with E-state index in [2.05, 4.69) is 0 Å². The van der Waals surface area contributed by atoms with Crippen molar-refractivity contribution < 1.29 is 9.53 Å². The number of aryl methyl sites for hydroxylation is 1. The number of hydrogen-bond acceptors (Lipinski definition) is 3. The van der Waals surface area contributed by atoms with Crippen LogP contribution in [0.25, 0.3) is 0 Å². The van der Waals surface area contributed by atoms with Gasteiger partial charge in [0, 0.05) is 12.2 Å². The molecular weight excluding hydrogens is 206 g/mol. The van der Waals surface area contributed by atoms with E-state index in [1.807, 2.05) is 6.07 Å². The van der Waals surface area contributed by atoms with Crippen LogP contribution in [0, 0.1) is 0 Å². The molecule has 16 heavy (non-hydrogen) atoms. The lowest BCUT2D eigenvalue weighted by atomic mass is 10.1. The van der Waals surface area contributed by atoms with Gasteiger partial charge in [0.1, 0.15) is 5.56 Å². The van der Waals surface area contributed by atoms with Crippen LogP contribution in [-0.2, 0) is 17.7 Å². The summed E-state index contributed by atoms with van der Waals surface area (Å²) >= 11 is 0. The standard InChI is InChI=1S/C12H15NO3/c1-2-16-12(15)10-7-6-9-5-3-4-8-13(9)11(10)14/h6-7H,2-5,8H2,1H3. The molecule has 0 aromatic carbocycles. The first-order valence-corrected chi connectivity index (χ1v) is 5.64. The van der Waals surface area contributed by atoms with Crippen molar-refractivity contribution in [1.82, 2.24) is 4.57 Å². The van der Waals surface area contributed by atoms with Crippen LogP contribution in [0.15, 0.2) is 16.9 Å². The van der Waals surface area contributed by atoms with Crippen molar-refractivity contribution in [2.45, 2.75) is 32.7 Å². The van der Waals surface area contributed by atoms with Gasteiger partial charge in [-0.3, -0.25) is 4.79 Å². The van der Waals surface area contributed by atoms with E-state index in [9.17, 15) is 9.59 Å². The molecule has 0 spiro atoms. The number of pyridine rings is 1. The van der Waals surface area contributed by atoms with Gasteiger partial charge in [0.05, 0.1) is 6.61 Å². The fourth-order valence-corrected chi connectivity index (χ4v) is 2.02. The third-order valence-corrected chi connectivity index (χ3v) is 2.82. The van der Waals surface area contributed by atoms with Crippen molar-refractivity contribution in [2.24, 2.45) is 0 Å². The number of hydrogen-bond donors (Lipinski definition) is 0. The Kier molecular flexibility index (Phi) is 3.08. The topological polar surface area (TPSA) is 48.3 Å². The Morgan fingerprint density at radius 2 is 2.25 bits per heavy atom. The Morgan fingerprint density at radius 1 is 1.44 bits per heavy atom. The zero-order valence-corrected chi connectivity index (χ0v) is 9.36. The van der Waals surface area contributed by atoms with Gasteiger partial charge < -0.3 is 9.30 Å². The molecule has 1 aromatic heterocycles. The largest absolute Gasteiger partial charge is 0.462 e. The average Bonchev–Trinajstić information content (AvgIpc) is 2.30. The van der Waals surface area contributed by atoms with Crippen LogP contribution in [-0.4, -0.2) is 17.1 Å². The third kappa shape index (κ3) is 1.87. The molecule has 0 saturated heterocycles. The van der Waals surface area contributed by atoms with Crippen LogP contribution in [0.2, 0.25) is 0 Å². The molecule has 0 amide bonds. The smallest absolute Gasteiger partial charge is 0.343 e. The number of ether oxygens (including phenoxy) is 1. The lowest BCUT2D eigenvalue weighted by Crippen LogP contribution is -2.31. The van der Waals surface area contributed by atoms with Gasteiger partial charge >= 0.3 is 5.97 Å². The summed E-state index contributed by atoms with van der Waals surface area (Å²) in [6.07, 6.45) is 3.02. The molecule has 0 atom stereocenters. The van der Waals surface area contributed by atoms with Crippen LogP contribution in [0.5, 0.6) is 0 Å². The summed E-state index contributed by atoms with van der Waals surface area (Å²) in [5.74, 6) is -0.520. The highest BCUT2D eigenvalue weighted by Gasteiger charge is 2.17. The maximum absolute atomic E-state index is 12.0. The van der Waals surface area contributed by atoms with E-state index in [-0.39, 0.29) is 11.1 Å². The Balaban J connectivity index is 2.42. The maximum Gasteiger partial charge on any atom is 0.343 e. The van der Waals surface area contributed by atoms with E-state index in [0.29, 0.717) is 13.2 Å². The van der Waals surface area contributed by atoms with Gasteiger partial charge in [-0.2, -0.15) is 0 Å². The molecule has 0 saturated carbocycles. The summed E-state index contributed by atoms with van der Waals surface area (Å²) < 4.78 is 6.54. The molecule has 86 valence electrons. The van der Waals surface area contributed by atoms with E-state index < -0.39 is 5.97 Å². The zero-order valence-electron chi connectivity index (χ0n) is 9.36. The summed E-state index contributed by atoms with van der Waals surface area (Å²) in [6.45, 7) is 2.73. The van der Waals surface area contributed by atoms with Crippen LogP contribution in [0.3, 0.4) is 0 Å². The Labute approximate surface area is 93.8 Å². The second kappa shape index (κ2) is 4.51. The van der Waals surface area contributed by atoms with Crippen molar-refractivity contribution in [2.75, 3.05) is 6.61 Å². The summed E-state index contributed by atoms with van der Waals surface area (Å²) in [7, 11) is 0. The summed E-state index contributed by atoms with van der Waals surface area (Å²) in [6, 6.07) is 3.43. The number of carbonyl (C=O) groups is 1. The normalized spacial score (nSPS) is 14.3. The van der Waals surface area contributed by atoms with E-state index in [1.54, 1.807) is 17.6 Å². The van der Waals surface area contributed by atoms with Crippen LogP contribution < -0.4 is 5.56 Å². The molecule has 0 bridgehead atoms. The number of aromatic nitrogens is 1. The van der Waals surface area contributed by atoms with Crippen LogP contribution in [0.1, 0.15) is 35.8 Å². The predicted molar refractivity (Wildman–Crippen MR) is 59.6 cm³/mol. The van der Waals surface area contributed by atoms with E-state index in [0.717, 1.165) is 25.0 Å². The molecule has 0 unspecified atom stereocenters. The van der Waals surface area contributed by atoms with Gasteiger partial charge in [0.2, 0.25) is 0 Å². The number of carbonyl (C=O) groups excluding carboxylic acids is 1. The van der Waals surface area contributed by atoms with Gasteiger partial charge in [-0.15, -0.1) is 0 Å². The van der Waals surface area contributed by atoms with Gasteiger partial charge in [-0.05, 0) is 38.3 Å². The quantitative estimate of drug-likeness (QED) is 0.708. The third-order valence-electron chi connectivity index (χ3n) is 2.82. The molecule has 0 N–H and O–H groups in total. The first kappa shape index (κ1) is 10.9. The van der Waals surface area contributed by atoms with Gasteiger partial charge in [0.15, 0.2) is 0 Å². The molecular formula is C12H15NO3. The van der Waals surface area contributed by atoms with E-state index in [4.69, 9.17) is 4.74 Å². The SMILES string of the molecule is CCOC(=O)c1ccc2n(c1=O)CCCC2. The van der Waals surface area contributed by atoms with E-state index >= 15 is 0 Å². The van der Waals surface area contributed by atoms with Gasteiger partial charge in [-0.25, -0.2) is 4.79 Å². The average molecular weight is 221 g/mol. The summed E-state index contributed by atoms with van der Waals surface area (Å²) in [5, 5.41) is 0. The minimum atomic E-state index is -0.520. The minimum Gasteiger partial charge on any atom is -0.462 e. The molecule has 0 aliphatic carbocycles. The fourth-order valence-electron chi connectivity index (χ4n) is 2.02. The van der Waals surface area contributed by atoms with Crippen LogP contribution >= 0.6 is 0 Å². The van der Waals surface area contributed by atoms with Crippen molar-refractivity contribution in [3.63, 3.8) is 0 Å². The number of nitrogens with zero attached hydrogens (tertiary/aromatic N) is 1. The number of esters is 1. The van der Waals surface area contributed by atoms with Crippen molar-refractivity contribution in [3.05, 3.63) is 33.7 Å². The molecule has 4 nitrogen and oxygen atoms in total. The highest BCUT2D eigenvalue weighted by Crippen LogP contribution is 2.12. The predicted octanol–water partition coefficient (Wildman–Crippen LogP) is 1.36. The summed E-state index contributed by atoms with van der Waals surface area (Å²) in [5.41, 5.74) is 0.951. The van der Waals surface area contributed by atoms with Crippen molar-refractivity contribution in [1.29, 1.82) is 0 Å². The molecule has 0 radical (unpaired) electrons. The first-order valence-electron chi connectivity index (χ1n) is 5.64. The molecule has 1 aromatic rings. The fraction of sp³-hybridized carbons (Fsp3) is 0.500. The Hall–Kier alpha value is -1.58. The van der Waals surface area contributed by atoms with Crippen LogP contribution in [0.4, 0.5) is 0 Å². The molecule has 1 aliphatic heterocycles. The monoisotopic (exact) mass is 221 g/mol. The minimum absolute atomic E-state index is 0.146. The Bertz CT molecular complexity index is 462. The van der Waals surface area contributed by atoms with E-state index in [1.165, 1.54) is 0 Å². The molecule has 2 heterocycles. The molecule has 4 heteroatoms. The Morgan fingerprint density at radius 3 is 3.00 bits per heavy atom. The zero-order chi connectivity index (χ0) is 11.5. The summed E-state index contributed by atoms with van der Waals surface area (Å²) in [4.78, 5) is 23.5. The maximum atomic E-state index is 12.0. The molecule has 1 aliphatic rings. The molecule has 0 fully saturated rings. The van der Waals surface area contributed by atoms with Gasteiger partial charge in [0.25, 0.3) is 5.56 Å². The molecule has 2 rings (SSSR count). The second-order valence-electron chi connectivity index (χ2n) is 3.87. The number of rotatable bonds is 2. The van der Waals surface area contributed by atoms with Crippen molar-refractivity contribution in [3.8, 4) is 0 Å². The highest BCUT2D eigenvalue weighted by atomic mass is 16.5. The number of fused-ring (bicyclic) bond motifs is 1. The second-order valence-corrected chi connectivity index (χ2v) is 3.87. The lowest BCUT2D eigenvalue weighted by molar-refractivity contribution is 0.0523.